The summed E-state index contributed by atoms with van der Waals surface area (Å²) in [7, 11) is 0. The Morgan fingerprint density at radius 1 is 1.19 bits per heavy atom. The van der Waals surface area contributed by atoms with Crippen molar-refractivity contribution >= 4 is 39.0 Å². The summed E-state index contributed by atoms with van der Waals surface area (Å²) in [5.74, 6) is -2.72. The maximum atomic E-state index is 13.7. The molecule has 0 bridgehead atoms. The van der Waals surface area contributed by atoms with Gasteiger partial charge in [-0.3, -0.25) is 0 Å². The van der Waals surface area contributed by atoms with Gasteiger partial charge in [0.15, 0.2) is 0 Å². The van der Waals surface area contributed by atoms with E-state index in [1.165, 1.54) is 12.1 Å². The van der Waals surface area contributed by atoms with Gasteiger partial charge in [-0.1, -0.05) is 0 Å². The standard InChI is InChI=1S/C14H11BrF2N2O2/c1-6-2-10(17)8(15)4-12(6)19-13-5-9(16)7(14(20)21)3-11(13)18/h2-5,19H,18H2,1H3,(H,20,21). The molecule has 0 amide bonds. The number of carboxylic acids is 1. The number of rotatable bonds is 3. The van der Waals surface area contributed by atoms with Crippen LogP contribution in [-0.4, -0.2) is 11.1 Å². The summed E-state index contributed by atoms with van der Waals surface area (Å²) < 4.78 is 27.3. The second kappa shape index (κ2) is 5.69. The van der Waals surface area contributed by atoms with Gasteiger partial charge in [-0.25, -0.2) is 13.6 Å². The lowest BCUT2D eigenvalue weighted by Crippen LogP contribution is -2.05. The Kier molecular flexibility index (Phi) is 4.13. The number of hydrogen-bond acceptors (Lipinski definition) is 3. The van der Waals surface area contributed by atoms with Crippen molar-refractivity contribution in [2.75, 3.05) is 11.1 Å². The molecule has 0 fully saturated rings. The average molecular weight is 357 g/mol. The zero-order valence-electron chi connectivity index (χ0n) is 10.9. The molecular weight excluding hydrogens is 346 g/mol. The van der Waals surface area contributed by atoms with Crippen LogP contribution in [0.15, 0.2) is 28.7 Å². The Balaban J connectivity index is 2.43. The smallest absolute Gasteiger partial charge is 0.338 e. The lowest BCUT2D eigenvalue weighted by molar-refractivity contribution is 0.0692. The minimum atomic E-state index is -1.40. The van der Waals surface area contributed by atoms with Gasteiger partial charge >= 0.3 is 5.97 Å². The zero-order chi connectivity index (χ0) is 15.7. The van der Waals surface area contributed by atoms with Crippen molar-refractivity contribution in [1.29, 1.82) is 0 Å². The summed E-state index contributed by atoms with van der Waals surface area (Å²) in [6.07, 6.45) is 0. The number of carboxylic acid groups (broad SMARTS) is 1. The fourth-order valence-corrected chi connectivity index (χ4v) is 2.13. The normalized spacial score (nSPS) is 10.5. The molecule has 0 atom stereocenters. The average Bonchev–Trinajstić information content (AvgIpc) is 2.39. The van der Waals surface area contributed by atoms with Crippen molar-refractivity contribution in [3.8, 4) is 0 Å². The van der Waals surface area contributed by atoms with Crippen LogP contribution in [0.3, 0.4) is 0 Å². The first-order chi connectivity index (χ1) is 9.79. The quantitative estimate of drug-likeness (QED) is 0.725. The van der Waals surface area contributed by atoms with Crippen LogP contribution < -0.4 is 11.1 Å². The summed E-state index contributed by atoms with van der Waals surface area (Å²) in [6, 6.07) is 4.83. The van der Waals surface area contributed by atoms with Gasteiger partial charge in [-0.2, -0.15) is 0 Å². The summed E-state index contributed by atoms with van der Waals surface area (Å²) >= 11 is 3.06. The van der Waals surface area contributed by atoms with Crippen molar-refractivity contribution < 1.29 is 18.7 Å². The molecule has 7 heteroatoms. The van der Waals surface area contributed by atoms with Gasteiger partial charge < -0.3 is 16.2 Å². The highest BCUT2D eigenvalue weighted by Gasteiger charge is 2.14. The van der Waals surface area contributed by atoms with Crippen LogP contribution in [0.4, 0.5) is 25.8 Å². The molecule has 0 aromatic heterocycles. The number of benzene rings is 2. The highest BCUT2D eigenvalue weighted by molar-refractivity contribution is 9.10. The summed E-state index contributed by atoms with van der Waals surface area (Å²) in [4.78, 5) is 10.8. The van der Waals surface area contributed by atoms with E-state index < -0.39 is 23.2 Å². The molecule has 0 heterocycles. The van der Waals surface area contributed by atoms with Gasteiger partial charge in [0, 0.05) is 11.8 Å². The molecule has 0 spiro atoms. The lowest BCUT2D eigenvalue weighted by atomic mass is 10.1. The molecule has 0 aliphatic rings. The molecule has 0 saturated heterocycles. The number of nitrogens with one attached hydrogen (secondary N) is 1. The first kappa shape index (κ1) is 15.2. The van der Waals surface area contributed by atoms with Gasteiger partial charge in [-0.05, 0) is 46.6 Å². The molecule has 0 saturated carbocycles. The number of halogens is 3. The highest BCUT2D eigenvalue weighted by atomic mass is 79.9. The molecule has 2 rings (SSSR count). The number of carbonyl (C=O) groups is 1. The van der Waals surface area contributed by atoms with Gasteiger partial charge in [0.05, 0.1) is 21.4 Å². The first-order valence-corrected chi connectivity index (χ1v) is 6.64. The molecule has 2 aromatic carbocycles. The summed E-state index contributed by atoms with van der Waals surface area (Å²) in [6.45, 7) is 1.68. The van der Waals surface area contributed by atoms with E-state index in [1.807, 2.05) is 0 Å². The van der Waals surface area contributed by atoms with E-state index in [4.69, 9.17) is 10.8 Å². The number of hydrogen-bond donors (Lipinski definition) is 3. The second-order valence-electron chi connectivity index (χ2n) is 4.43. The minimum Gasteiger partial charge on any atom is -0.478 e. The second-order valence-corrected chi connectivity index (χ2v) is 5.29. The van der Waals surface area contributed by atoms with Crippen LogP contribution in [0, 0.1) is 18.6 Å². The first-order valence-electron chi connectivity index (χ1n) is 5.84. The third-order valence-electron chi connectivity index (χ3n) is 2.91. The van der Waals surface area contributed by atoms with E-state index in [0.29, 0.717) is 11.3 Å². The van der Waals surface area contributed by atoms with Gasteiger partial charge in [-0.15, -0.1) is 0 Å². The predicted molar refractivity (Wildman–Crippen MR) is 79.9 cm³/mol. The van der Waals surface area contributed by atoms with Crippen LogP contribution in [0.5, 0.6) is 0 Å². The van der Waals surface area contributed by atoms with Gasteiger partial charge in [0.1, 0.15) is 11.6 Å². The number of aromatic carboxylic acids is 1. The minimum absolute atomic E-state index is 0.0775. The fourth-order valence-electron chi connectivity index (χ4n) is 1.79. The lowest BCUT2D eigenvalue weighted by Gasteiger charge is -2.13. The van der Waals surface area contributed by atoms with E-state index >= 15 is 0 Å². The Bertz CT molecular complexity index is 735. The Morgan fingerprint density at radius 2 is 1.86 bits per heavy atom. The predicted octanol–water partition coefficient (Wildman–Crippen LogP) is 4.06. The highest BCUT2D eigenvalue weighted by Crippen LogP contribution is 2.30. The van der Waals surface area contributed by atoms with E-state index in [9.17, 15) is 13.6 Å². The molecule has 0 aliphatic carbocycles. The third-order valence-corrected chi connectivity index (χ3v) is 3.51. The van der Waals surface area contributed by atoms with Crippen LogP contribution in [0.25, 0.3) is 0 Å². The van der Waals surface area contributed by atoms with Crippen LogP contribution in [-0.2, 0) is 0 Å². The molecule has 4 N–H and O–H groups in total. The maximum Gasteiger partial charge on any atom is 0.338 e. The monoisotopic (exact) mass is 356 g/mol. The van der Waals surface area contributed by atoms with Crippen LogP contribution in [0.2, 0.25) is 0 Å². The Labute approximate surface area is 127 Å². The zero-order valence-corrected chi connectivity index (χ0v) is 12.5. The van der Waals surface area contributed by atoms with Crippen LogP contribution >= 0.6 is 15.9 Å². The van der Waals surface area contributed by atoms with E-state index in [2.05, 4.69) is 21.2 Å². The van der Waals surface area contributed by atoms with Crippen molar-refractivity contribution in [3.05, 3.63) is 51.5 Å². The molecule has 0 aliphatic heterocycles. The van der Waals surface area contributed by atoms with Crippen molar-refractivity contribution in [3.63, 3.8) is 0 Å². The van der Waals surface area contributed by atoms with E-state index in [1.54, 1.807) is 6.92 Å². The summed E-state index contributed by atoms with van der Waals surface area (Å²) in [5.41, 5.74) is 6.62. The number of nitrogens with two attached hydrogens (primary N) is 1. The molecule has 0 unspecified atom stereocenters. The number of anilines is 3. The molecule has 21 heavy (non-hydrogen) atoms. The molecule has 2 aromatic rings. The topological polar surface area (TPSA) is 75.3 Å². The SMILES string of the molecule is Cc1cc(F)c(Br)cc1Nc1cc(F)c(C(=O)O)cc1N. The largest absolute Gasteiger partial charge is 0.478 e. The van der Waals surface area contributed by atoms with E-state index in [0.717, 1.165) is 12.1 Å². The fraction of sp³-hybridized carbons (Fsp3) is 0.0714. The molecule has 0 radical (unpaired) electrons. The maximum absolute atomic E-state index is 13.7. The molecular formula is C14H11BrF2N2O2. The Hall–Kier alpha value is -2.15. The Morgan fingerprint density at radius 3 is 2.48 bits per heavy atom. The van der Waals surface area contributed by atoms with Crippen molar-refractivity contribution in [1.82, 2.24) is 0 Å². The van der Waals surface area contributed by atoms with Crippen molar-refractivity contribution in [2.24, 2.45) is 0 Å². The van der Waals surface area contributed by atoms with Crippen LogP contribution in [0.1, 0.15) is 15.9 Å². The van der Waals surface area contributed by atoms with E-state index in [-0.39, 0.29) is 15.8 Å². The number of nitrogen functional groups attached to an aromatic ring is 1. The molecule has 110 valence electrons. The van der Waals surface area contributed by atoms with Gasteiger partial charge in [0.2, 0.25) is 0 Å². The number of aryl methyl sites for hydroxylation is 1. The third kappa shape index (κ3) is 3.13. The molecule has 4 nitrogen and oxygen atoms in total. The summed E-state index contributed by atoms with van der Waals surface area (Å²) in [5, 5.41) is 11.7. The van der Waals surface area contributed by atoms with Crippen molar-refractivity contribution in [2.45, 2.75) is 6.92 Å². The van der Waals surface area contributed by atoms with Gasteiger partial charge in [0.25, 0.3) is 0 Å².